The Morgan fingerprint density at radius 3 is 2.77 bits per heavy atom. The van der Waals surface area contributed by atoms with Crippen molar-refractivity contribution < 1.29 is 0 Å². The Bertz CT molecular complexity index is 346. The van der Waals surface area contributed by atoms with Gasteiger partial charge in [0.15, 0.2) is 0 Å². The average molecular weight is 172 g/mol. The Kier molecular flexibility index (Phi) is 1.80. The molecule has 0 amide bonds. The van der Waals surface area contributed by atoms with Gasteiger partial charge in [-0.2, -0.15) is 0 Å². The van der Waals surface area contributed by atoms with Crippen LogP contribution in [0.3, 0.4) is 0 Å². The fourth-order valence-corrected chi connectivity index (χ4v) is 2.09. The second-order valence-electron chi connectivity index (χ2n) is 4.55. The highest BCUT2D eigenvalue weighted by atomic mass is 14.3. The van der Waals surface area contributed by atoms with E-state index in [1.807, 2.05) is 0 Å². The molecule has 2 rings (SSSR count). The third kappa shape index (κ3) is 1.41. The van der Waals surface area contributed by atoms with Crippen molar-refractivity contribution in [3.63, 3.8) is 0 Å². The van der Waals surface area contributed by atoms with Gasteiger partial charge in [-0.05, 0) is 24.5 Å². The molecule has 68 valence electrons. The van der Waals surface area contributed by atoms with Crippen molar-refractivity contribution >= 4 is 0 Å². The number of hydrogen-bond acceptors (Lipinski definition) is 0. The van der Waals surface area contributed by atoms with Gasteiger partial charge in [-0.25, -0.2) is 0 Å². The van der Waals surface area contributed by atoms with Gasteiger partial charge >= 0.3 is 0 Å². The first kappa shape index (κ1) is 8.55. The fourth-order valence-electron chi connectivity index (χ4n) is 2.09. The Labute approximate surface area is 80.3 Å². The summed E-state index contributed by atoms with van der Waals surface area (Å²) in [6.45, 7) is 6.77. The SMILES string of the molecule is CC1=CC2=C(C=CC=CC2(C)C)C1. The molecular formula is C13H16. The molecule has 0 aromatic heterocycles. The van der Waals surface area contributed by atoms with Gasteiger partial charge in [0.2, 0.25) is 0 Å². The van der Waals surface area contributed by atoms with Crippen LogP contribution in [0, 0.1) is 5.41 Å². The highest BCUT2D eigenvalue weighted by Gasteiger charge is 2.25. The number of hydrogen-bond donors (Lipinski definition) is 0. The number of rotatable bonds is 0. The number of allylic oxidation sites excluding steroid dienone is 8. The molecule has 0 spiro atoms. The van der Waals surface area contributed by atoms with Gasteiger partial charge in [0.1, 0.15) is 0 Å². The minimum absolute atomic E-state index is 0.205. The maximum Gasteiger partial charge on any atom is 0.00812 e. The van der Waals surface area contributed by atoms with E-state index in [4.69, 9.17) is 0 Å². The molecule has 0 bridgehead atoms. The first-order valence-corrected chi connectivity index (χ1v) is 4.86. The van der Waals surface area contributed by atoms with E-state index in [1.54, 1.807) is 0 Å². The molecule has 0 fully saturated rings. The summed E-state index contributed by atoms with van der Waals surface area (Å²) >= 11 is 0. The van der Waals surface area contributed by atoms with E-state index in [0.717, 1.165) is 6.42 Å². The molecule has 2 aliphatic carbocycles. The van der Waals surface area contributed by atoms with Crippen LogP contribution in [-0.4, -0.2) is 0 Å². The molecule has 0 heterocycles. The van der Waals surface area contributed by atoms with Gasteiger partial charge in [0.05, 0.1) is 0 Å². The van der Waals surface area contributed by atoms with E-state index >= 15 is 0 Å². The maximum absolute atomic E-state index is 2.34. The molecule has 0 heteroatoms. The van der Waals surface area contributed by atoms with Crippen LogP contribution in [0.2, 0.25) is 0 Å². The Hall–Kier alpha value is -1.04. The van der Waals surface area contributed by atoms with Gasteiger partial charge in [-0.3, -0.25) is 0 Å². The molecule has 0 aliphatic heterocycles. The van der Waals surface area contributed by atoms with Crippen LogP contribution in [-0.2, 0) is 0 Å². The van der Waals surface area contributed by atoms with E-state index in [2.05, 4.69) is 51.2 Å². The first-order chi connectivity index (χ1) is 6.09. The average Bonchev–Trinajstić information content (AvgIpc) is 2.36. The molecule has 0 saturated carbocycles. The second-order valence-corrected chi connectivity index (χ2v) is 4.55. The molecule has 0 radical (unpaired) electrons. The van der Waals surface area contributed by atoms with Gasteiger partial charge < -0.3 is 0 Å². The summed E-state index contributed by atoms with van der Waals surface area (Å²) in [5, 5.41) is 0. The second kappa shape index (κ2) is 2.73. The fraction of sp³-hybridized carbons (Fsp3) is 0.385. The van der Waals surface area contributed by atoms with E-state index in [9.17, 15) is 0 Å². The molecule has 0 unspecified atom stereocenters. The van der Waals surface area contributed by atoms with Crippen LogP contribution in [0.4, 0.5) is 0 Å². The van der Waals surface area contributed by atoms with Crippen molar-refractivity contribution in [3.8, 4) is 0 Å². The molecule has 13 heavy (non-hydrogen) atoms. The van der Waals surface area contributed by atoms with E-state index < -0.39 is 0 Å². The van der Waals surface area contributed by atoms with E-state index in [1.165, 1.54) is 16.7 Å². The van der Waals surface area contributed by atoms with Crippen molar-refractivity contribution in [1.82, 2.24) is 0 Å². The van der Waals surface area contributed by atoms with Gasteiger partial charge in [0.25, 0.3) is 0 Å². The van der Waals surface area contributed by atoms with Crippen molar-refractivity contribution in [2.24, 2.45) is 5.41 Å². The Morgan fingerprint density at radius 2 is 2.00 bits per heavy atom. The first-order valence-electron chi connectivity index (χ1n) is 4.86. The van der Waals surface area contributed by atoms with Crippen LogP contribution in [0.1, 0.15) is 27.2 Å². The largest absolute Gasteiger partial charge is 0.0745 e. The lowest BCUT2D eigenvalue weighted by Crippen LogP contribution is -2.09. The van der Waals surface area contributed by atoms with E-state index in [-0.39, 0.29) is 5.41 Å². The lowest BCUT2D eigenvalue weighted by Gasteiger charge is -2.21. The van der Waals surface area contributed by atoms with E-state index in [0.29, 0.717) is 0 Å². The Balaban J connectivity index is 2.50. The molecule has 0 aromatic rings. The molecule has 0 N–H and O–H groups in total. The monoisotopic (exact) mass is 172 g/mol. The Morgan fingerprint density at radius 1 is 1.23 bits per heavy atom. The summed E-state index contributed by atoms with van der Waals surface area (Å²) in [7, 11) is 0. The zero-order valence-corrected chi connectivity index (χ0v) is 8.59. The highest BCUT2D eigenvalue weighted by molar-refractivity contribution is 5.50. The highest BCUT2D eigenvalue weighted by Crippen LogP contribution is 2.40. The summed E-state index contributed by atoms with van der Waals surface area (Å²) < 4.78 is 0. The molecule has 2 aliphatic rings. The lowest BCUT2D eigenvalue weighted by atomic mass is 9.83. The smallest absolute Gasteiger partial charge is 0.00812 e. The molecule has 0 nitrogen and oxygen atoms in total. The van der Waals surface area contributed by atoms with Gasteiger partial charge in [-0.15, -0.1) is 0 Å². The zero-order valence-electron chi connectivity index (χ0n) is 8.59. The van der Waals surface area contributed by atoms with Crippen LogP contribution < -0.4 is 0 Å². The standard InChI is InChI=1S/C13H16/c1-10-8-11-6-4-5-7-13(2,3)12(11)9-10/h4-7,9H,8H2,1-3H3. The minimum atomic E-state index is 0.205. The maximum atomic E-state index is 2.34. The molecule has 0 atom stereocenters. The lowest BCUT2D eigenvalue weighted by molar-refractivity contribution is 0.594. The minimum Gasteiger partial charge on any atom is -0.0745 e. The molecule has 0 saturated heterocycles. The van der Waals surface area contributed by atoms with Crippen molar-refractivity contribution in [2.45, 2.75) is 27.2 Å². The predicted octanol–water partition coefficient (Wildman–Crippen LogP) is 3.79. The quantitative estimate of drug-likeness (QED) is 0.521. The molecular weight excluding hydrogens is 156 g/mol. The van der Waals surface area contributed by atoms with Crippen LogP contribution in [0.15, 0.2) is 47.1 Å². The predicted molar refractivity (Wildman–Crippen MR) is 57.5 cm³/mol. The van der Waals surface area contributed by atoms with Crippen LogP contribution in [0.5, 0.6) is 0 Å². The summed E-state index contributed by atoms with van der Waals surface area (Å²) in [5.74, 6) is 0. The summed E-state index contributed by atoms with van der Waals surface area (Å²) in [6, 6.07) is 0. The molecule has 0 aromatic carbocycles. The third-order valence-corrected chi connectivity index (χ3v) is 2.82. The summed E-state index contributed by atoms with van der Waals surface area (Å²) in [5.41, 5.74) is 4.68. The normalized spacial score (nSPS) is 24.4. The van der Waals surface area contributed by atoms with Crippen molar-refractivity contribution in [1.29, 1.82) is 0 Å². The van der Waals surface area contributed by atoms with Crippen LogP contribution in [0.25, 0.3) is 0 Å². The van der Waals surface area contributed by atoms with Gasteiger partial charge in [0, 0.05) is 5.41 Å². The zero-order chi connectivity index (χ0) is 9.47. The summed E-state index contributed by atoms with van der Waals surface area (Å²) in [4.78, 5) is 0. The van der Waals surface area contributed by atoms with Gasteiger partial charge in [-0.1, -0.05) is 49.8 Å². The van der Waals surface area contributed by atoms with Crippen LogP contribution >= 0.6 is 0 Å². The summed E-state index contributed by atoms with van der Waals surface area (Å²) in [6.07, 6.45) is 12.3. The third-order valence-electron chi connectivity index (χ3n) is 2.82. The van der Waals surface area contributed by atoms with Crippen molar-refractivity contribution in [3.05, 3.63) is 47.1 Å². The topological polar surface area (TPSA) is 0 Å². The van der Waals surface area contributed by atoms with Crippen molar-refractivity contribution in [2.75, 3.05) is 0 Å².